The fourth-order valence-corrected chi connectivity index (χ4v) is 4.45. The van der Waals surface area contributed by atoms with Gasteiger partial charge in [-0.1, -0.05) is 11.6 Å². The molecule has 1 saturated heterocycles. The molecule has 1 aliphatic rings. The molecular weight excluding hydrogens is 468 g/mol. The number of carbonyl (C=O) groups excluding carboxylic acids is 2. The predicted octanol–water partition coefficient (Wildman–Crippen LogP) is 3.85. The normalized spacial score (nSPS) is 14.9. The van der Waals surface area contributed by atoms with E-state index in [-0.39, 0.29) is 17.7 Å². The van der Waals surface area contributed by atoms with E-state index in [9.17, 15) is 9.59 Å². The van der Waals surface area contributed by atoms with Crippen LogP contribution in [0.4, 0.5) is 0 Å². The van der Waals surface area contributed by atoms with Crippen molar-refractivity contribution < 1.29 is 19.1 Å². The molecule has 2 aromatic carbocycles. The molecule has 35 heavy (non-hydrogen) atoms. The molecule has 1 unspecified atom stereocenters. The summed E-state index contributed by atoms with van der Waals surface area (Å²) in [6.45, 7) is 1.03. The zero-order valence-corrected chi connectivity index (χ0v) is 20.8. The Morgan fingerprint density at radius 2 is 1.69 bits per heavy atom. The first-order chi connectivity index (χ1) is 16.9. The number of nitrogens with zero attached hydrogens (tertiary/aromatic N) is 3. The van der Waals surface area contributed by atoms with Crippen LogP contribution in [-0.4, -0.2) is 53.6 Å². The summed E-state index contributed by atoms with van der Waals surface area (Å²) in [5, 5.41) is 3.77. The Morgan fingerprint density at radius 3 is 2.23 bits per heavy atom. The summed E-state index contributed by atoms with van der Waals surface area (Å²) in [4.78, 5) is 32.4. The van der Waals surface area contributed by atoms with Gasteiger partial charge in [0.05, 0.1) is 14.2 Å². The summed E-state index contributed by atoms with van der Waals surface area (Å²) in [5.74, 6) is 1.63. The molecule has 8 nitrogen and oxygen atoms in total. The lowest BCUT2D eigenvalue weighted by atomic mass is 9.94. The Bertz CT molecular complexity index is 1160. The summed E-state index contributed by atoms with van der Waals surface area (Å²) in [6, 6.07) is 11.9. The van der Waals surface area contributed by atoms with E-state index in [0.717, 1.165) is 5.56 Å². The monoisotopic (exact) mass is 496 g/mol. The van der Waals surface area contributed by atoms with Crippen LogP contribution in [0.1, 0.15) is 40.6 Å². The third kappa shape index (κ3) is 5.59. The highest BCUT2D eigenvalue weighted by atomic mass is 35.5. The molecule has 0 aliphatic carbocycles. The van der Waals surface area contributed by atoms with Crippen molar-refractivity contribution in [1.82, 2.24) is 19.8 Å². The highest BCUT2D eigenvalue weighted by molar-refractivity contribution is 6.30. The first kappa shape index (κ1) is 24.6. The number of aryl methyl sites for hydroxylation is 1. The Morgan fingerprint density at radius 1 is 1.06 bits per heavy atom. The number of amides is 2. The molecule has 0 radical (unpaired) electrons. The van der Waals surface area contributed by atoms with Crippen molar-refractivity contribution in [2.75, 3.05) is 27.3 Å². The number of carbonyl (C=O) groups is 2. The Kier molecular flexibility index (Phi) is 7.60. The van der Waals surface area contributed by atoms with Crippen molar-refractivity contribution in [3.8, 4) is 11.5 Å². The molecule has 1 aromatic heterocycles. The van der Waals surface area contributed by atoms with Gasteiger partial charge in [-0.15, -0.1) is 0 Å². The Labute approximate surface area is 209 Å². The van der Waals surface area contributed by atoms with Crippen LogP contribution >= 0.6 is 11.6 Å². The van der Waals surface area contributed by atoms with Gasteiger partial charge in [-0.05, 0) is 54.8 Å². The number of benzene rings is 2. The highest BCUT2D eigenvalue weighted by Gasteiger charge is 2.31. The molecule has 1 N–H and O–H groups in total. The minimum absolute atomic E-state index is 0.0464. The van der Waals surface area contributed by atoms with Crippen LogP contribution in [0.5, 0.6) is 11.5 Å². The molecule has 9 heteroatoms. The number of methoxy groups -OCH3 is 2. The van der Waals surface area contributed by atoms with Crippen LogP contribution in [-0.2, 0) is 11.8 Å². The number of piperidine rings is 1. The minimum atomic E-state index is -0.486. The predicted molar refractivity (Wildman–Crippen MR) is 133 cm³/mol. The Balaban J connectivity index is 1.48. The molecule has 2 amide bonds. The summed E-state index contributed by atoms with van der Waals surface area (Å²) < 4.78 is 12.7. The summed E-state index contributed by atoms with van der Waals surface area (Å²) in [5.41, 5.74) is 1.40. The fourth-order valence-electron chi connectivity index (χ4n) is 4.33. The zero-order chi connectivity index (χ0) is 24.9. The molecule has 2 heterocycles. The number of ether oxygens (including phenoxy) is 2. The maximum absolute atomic E-state index is 13.4. The third-order valence-electron chi connectivity index (χ3n) is 6.35. The molecule has 0 bridgehead atoms. The smallest absolute Gasteiger partial charge is 0.253 e. The number of hydrogen-bond acceptors (Lipinski definition) is 5. The second-order valence-corrected chi connectivity index (χ2v) is 8.99. The quantitative estimate of drug-likeness (QED) is 0.537. The molecule has 1 atom stereocenters. The van der Waals surface area contributed by atoms with Gasteiger partial charge in [-0.2, -0.15) is 0 Å². The largest absolute Gasteiger partial charge is 0.497 e. The number of hydrogen-bond donors (Lipinski definition) is 1. The second-order valence-electron chi connectivity index (χ2n) is 8.56. The van der Waals surface area contributed by atoms with Gasteiger partial charge >= 0.3 is 0 Å². The number of nitrogens with one attached hydrogen (secondary N) is 1. The SMILES string of the molecule is COc1cc(OC)cc(C(NC(=O)C2CCN(C(=O)c3ccc(Cl)cc3)CC2)c2nccn2C)c1. The second kappa shape index (κ2) is 10.8. The van der Waals surface area contributed by atoms with Crippen LogP contribution in [0.15, 0.2) is 54.9 Å². The maximum Gasteiger partial charge on any atom is 0.253 e. The van der Waals surface area contributed by atoms with Gasteiger partial charge in [0, 0.05) is 55.1 Å². The summed E-state index contributed by atoms with van der Waals surface area (Å²) >= 11 is 5.93. The van der Waals surface area contributed by atoms with Crippen LogP contribution < -0.4 is 14.8 Å². The van der Waals surface area contributed by atoms with Crippen LogP contribution in [0.2, 0.25) is 5.02 Å². The number of imidazole rings is 1. The lowest BCUT2D eigenvalue weighted by Crippen LogP contribution is -2.44. The van der Waals surface area contributed by atoms with E-state index in [1.165, 1.54) is 0 Å². The third-order valence-corrected chi connectivity index (χ3v) is 6.61. The van der Waals surface area contributed by atoms with E-state index in [1.807, 2.05) is 29.9 Å². The maximum atomic E-state index is 13.4. The minimum Gasteiger partial charge on any atom is -0.497 e. The van der Waals surface area contributed by atoms with Crippen molar-refractivity contribution in [2.24, 2.45) is 13.0 Å². The fraction of sp³-hybridized carbons (Fsp3) is 0.346. The van der Waals surface area contributed by atoms with Gasteiger partial charge in [0.25, 0.3) is 5.91 Å². The molecule has 1 aliphatic heterocycles. The zero-order valence-electron chi connectivity index (χ0n) is 20.0. The average Bonchev–Trinajstić information content (AvgIpc) is 3.32. The molecule has 4 rings (SSSR count). The van der Waals surface area contributed by atoms with Gasteiger partial charge in [-0.3, -0.25) is 9.59 Å². The van der Waals surface area contributed by atoms with E-state index >= 15 is 0 Å². The summed E-state index contributed by atoms with van der Waals surface area (Å²) in [6.07, 6.45) is 4.71. The van der Waals surface area contributed by atoms with Crippen molar-refractivity contribution in [1.29, 1.82) is 0 Å². The standard InChI is InChI=1S/C26H29ClN4O4/c1-30-13-10-28-24(30)23(19-14-21(34-2)16-22(15-19)35-3)29-25(32)17-8-11-31(12-9-17)26(33)18-4-6-20(27)7-5-18/h4-7,10,13-17,23H,8-9,11-12H2,1-3H3,(H,29,32). The van der Waals surface area contributed by atoms with Gasteiger partial charge in [-0.25, -0.2) is 4.98 Å². The first-order valence-corrected chi connectivity index (χ1v) is 11.8. The molecule has 1 fully saturated rings. The molecule has 3 aromatic rings. The lowest BCUT2D eigenvalue weighted by Gasteiger charge is -2.32. The van der Waals surface area contributed by atoms with Crippen molar-refractivity contribution in [3.05, 3.63) is 76.8 Å². The van der Waals surface area contributed by atoms with Crippen molar-refractivity contribution in [2.45, 2.75) is 18.9 Å². The van der Waals surface area contributed by atoms with E-state index < -0.39 is 6.04 Å². The Hall–Kier alpha value is -3.52. The van der Waals surface area contributed by atoms with Crippen LogP contribution in [0, 0.1) is 5.92 Å². The van der Waals surface area contributed by atoms with E-state index in [0.29, 0.717) is 53.8 Å². The van der Waals surface area contributed by atoms with Gasteiger partial charge in [0.15, 0.2) is 0 Å². The van der Waals surface area contributed by atoms with Gasteiger partial charge < -0.3 is 24.3 Å². The average molecular weight is 497 g/mol. The number of aromatic nitrogens is 2. The van der Waals surface area contributed by atoms with Crippen LogP contribution in [0.3, 0.4) is 0 Å². The van der Waals surface area contributed by atoms with Gasteiger partial charge in [0.2, 0.25) is 5.91 Å². The van der Waals surface area contributed by atoms with E-state index in [1.54, 1.807) is 55.6 Å². The molecule has 184 valence electrons. The van der Waals surface area contributed by atoms with E-state index in [2.05, 4.69) is 10.3 Å². The topological polar surface area (TPSA) is 85.7 Å². The van der Waals surface area contributed by atoms with E-state index in [4.69, 9.17) is 21.1 Å². The van der Waals surface area contributed by atoms with Crippen molar-refractivity contribution in [3.63, 3.8) is 0 Å². The number of rotatable bonds is 7. The molecule has 0 spiro atoms. The highest BCUT2D eigenvalue weighted by Crippen LogP contribution is 2.30. The summed E-state index contributed by atoms with van der Waals surface area (Å²) in [7, 11) is 5.07. The molecule has 0 saturated carbocycles. The number of halogens is 1. The first-order valence-electron chi connectivity index (χ1n) is 11.4. The molecular formula is C26H29ClN4O4. The van der Waals surface area contributed by atoms with Gasteiger partial charge in [0.1, 0.15) is 23.4 Å². The van der Waals surface area contributed by atoms with Crippen LogP contribution in [0.25, 0.3) is 0 Å². The van der Waals surface area contributed by atoms with Crippen molar-refractivity contribution >= 4 is 23.4 Å². The lowest BCUT2D eigenvalue weighted by molar-refractivity contribution is -0.126. The number of likely N-dealkylation sites (tertiary alicyclic amines) is 1.